The number of aliphatic hydroxyl groups is 1. The second-order valence-corrected chi connectivity index (χ2v) is 2.30. The zero-order valence-corrected chi connectivity index (χ0v) is 7.36. The van der Waals surface area contributed by atoms with Gasteiger partial charge in [-0.25, -0.2) is 4.79 Å². The molecular formula is C8H9ClO4. The lowest BCUT2D eigenvalue weighted by atomic mass is 10.1. The number of hydrogen-bond acceptors (Lipinski definition) is 3. The van der Waals surface area contributed by atoms with Crippen molar-refractivity contribution in [2.75, 3.05) is 0 Å². The highest BCUT2D eigenvalue weighted by Crippen LogP contribution is 2.23. The van der Waals surface area contributed by atoms with E-state index in [0.29, 0.717) is 0 Å². The Morgan fingerprint density at radius 3 is 2.31 bits per heavy atom. The highest BCUT2D eigenvalue weighted by molar-refractivity contribution is 5.85. The van der Waals surface area contributed by atoms with E-state index in [0.717, 1.165) is 0 Å². The normalized spacial score (nSPS) is 11.5. The predicted octanol–water partition coefficient (Wildman–Crippen LogP) is 0.932. The van der Waals surface area contributed by atoms with Gasteiger partial charge in [0.1, 0.15) is 5.75 Å². The summed E-state index contributed by atoms with van der Waals surface area (Å²) in [6.45, 7) is 0. The quantitative estimate of drug-likeness (QED) is 0.670. The van der Waals surface area contributed by atoms with E-state index in [1.54, 1.807) is 12.1 Å². The van der Waals surface area contributed by atoms with Crippen LogP contribution in [0.1, 0.15) is 11.7 Å². The van der Waals surface area contributed by atoms with Gasteiger partial charge in [-0.05, 0) is 6.07 Å². The molecule has 13 heavy (non-hydrogen) atoms. The number of aliphatic hydroxyl groups excluding tert-OH is 1. The first kappa shape index (κ1) is 11.7. The smallest absolute Gasteiger partial charge is 0.337 e. The fraction of sp³-hybridized carbons (Fsp3) is 0.125. The van der Waals surface area contributed by atoms with Crippen molar-refractivity contribution in [3.63, 3.8) is 0 Å². The molecule has 1 rings (SSSR count). The van der Waals surface area contributed by atoms with Gasteiger partial charge in [0.25, 0.3) is 0 Å². The largest absolute Gasteiger partial charge is 0.508 e. The van der Waals surface area contributed by atoms with E-state index in [-0.39, 0.29) is 23.7 Å². The van der Waals surface area contributed by atoms with E-state index in [9.17, 15) is 4.79 Å². The molecule has 0 fully saturated rings. The molecule has 0 saturated heterocycles. The molecule has 0 heterocycles. The minimum absolute atomic E-state index is 0. The third-order valence-corrected chi connectivity index (χ3v) is 1.47. The van der Waals surface area contributed by atoms with Crippen molar-refractivity contribution in [1.29, 1.82) is 0 Å². The maximum atomic E-state index is 10.3. The van der Waals surface area contributed by atoms with Crippen molar-refractivity contribution >= 4 is 18.4 Å². The molecule has 0 aliphatic heterocycles. The van der Waals surface area contributed by atoms with Crippen LogP contribution in [0.5, 0.6) is 5.75 Å². The van der Waals surface area contributed by atoms with Crippen LogP contribution in [0.15, 0.2) is 24.3 Å². The Morgan fingerprint density at radius 2 is 1.85 bits per heavy atom. The maximum absolute atomic E-state index is 10.3. The fourth-order valence-corrected chi connectivity index (χ4v) is 0.852. The van der Waals surface area contributed by atoms with Gasteiger partial charge < -0.3 is 15.3 Å². The minimum Gasteiger partial charge on any atom is -0.508 e. The molecule has 0 aliphatic rings. The summed E-state index contributed by atoms with van der Waals surface area (Å²) in [7, 11) is 0. The van der Waals surface area contributed by atoms with E-state index in [1.165, 1.54) is 12.1 Å². The topological polar surface area (TPSA) is 77.8 Å². The Bertz CT molecular complexity index is 300. The van der Waals surface area contributed by atoms with Gasteiger partial charge in [0.2, 0.25) is 0 Å². The molecule has 0 aliphatic carbocycles. The van der Waals surface area contributed by atoms with Crippen LogP contribution in [0.2, 0.25) is 0 Å². The monoisotopic (exact) mass is 204 g/mol. The third kappa shape index (κ3) is 2.61. The lowest BCUT2D eigenvalue weighted by Crippen LogP contribution is -2.10. The number of phenolic OH excluding ortho intramolecular Hbond substituents is 1. The van der Waals surface area contributed by atoms with Gasteiger partial charge in [-0.2, -0.15) is 0 Å². The van der Waals surface area contributed by atoms with Crippen molar-refractivity contribution in [2.45, 2.75) is 6.10 Å². The van der Waals surface area contributed by atoms with E-state index in [1.807, 2.05) is 0 Å². The van der Waals surface area contributed by atoms with Crippen LogP contribution < -0.4 is 0 Å². The molecule has 4 nitrogen and oxygen atoms in total. The Kier molecular flexibility index (Phi) is 4.23. The standard InChI is InChI=1S/C8H8O4.ClH/c9-6-4-2-1-3-5(6)7(10)8(11)12;/h1-4,7,9-10H,(H,11,12);1H. The highest BCUT2D eigenvalue weighted by atomic mass is 35.5. The van der Waals surface area contributed by atoms with Crippen molar-refractivity contribution in [3.05, 3.63) is 29.8 Å². The Labute approximate surface area is 80.9 Å². The molecule has 1 atom stereocenters. The number of aliphatic carboxylic acids is 1. The van der Waals surface area contributed by atoms with Crippen molar-refractivity contribution < 1.29 is 20.1 Å². The molecule has 3 N–H and O–H groups in total. The predicted molar refractivity (Wildman–Crippen MR) is 48.0 cm³/mol. The molecule has 1 aromatic rings. The van der Waals surface area contributed by atoms with Gasteiger partial charge in [0, 0.05) is 5.56 Å². The number of rotatable bonds is 2. The number of hydrogen-bond donors (Lipinski definition) is 3. The van der Waals surface area contributed by atoms with E-state index in [2.05, 4.69) is 0 Å². The van der Waals surface area contributed by atoms with Crippen molar-refractivity contribution in [3.8, 4) is 5.75 Å². The lowest BCUT2D eigenvalue weighted by molar-refractivity contribution is -0.147. The molecule has 0 bridgehead atoms. The highest BCUT2D eigenvalue weighted by Gasteiger charge is 2.18. The van der Waals surface area contributed by atoms with Crippen LogP contribution in [0.3, 0.4) is 0 Å². The molecular weight excluding hydrogens is 196 g/mol. The number of carboxylic acid groups (broad SMARTS) is 1. The summed E-state index contributed by atoms with van der Waals surface area (Å²) in [5, 5.41) is 26.5. The maximum Gasteiger partial charge on any atom is 0.337 e. The number of phenols is 1. The van der Waals surface area contributed by atoms with Crippen LogP contribution in [0, 0.1) is 0 Å². The number of benzene rings is 1. The molecule has 0 amide bonds. The van der Waals surface area contributed by atoms with Crippen LogP contribution >= 0.6 is 12.4 Å². The first-order valence-corrected chi connectivity index (χ1v) is 3.31. The van der Waals surface area contributed by atoms with Gasteiger partial charge in [-0.15, -0.1) is 12.4 Å². The van der Waals surface area contributed by atoms with Gasteiger partial charge in [0.05, 0.1) is 0 Å². The summed E-state index contributed by atoms with van der Waals surface area (Å²) >= 11 is 0. The van der Waals surface area contributed by atoms with Gasteiger partial charge in [-0.3, -0.25) is 0 Å². The second kappa shape index (κ2) is 4.69. The Hall–Kier alpha value is -1.26. The number of carboxylic acids is 1. The minimum atomic E-state index is -1.66. The molecule has 0 aromatic heterocycles. The van der Waals surface area contributed by atoms with Gasteiger partial charge in [-0.1, -0.05) is 18.2 Å². The van der Waals surface area contributed by atoms with Gasteiger partial charge >= 0.3 is 5.97 Å². The molecule has 0 saturated carbocycles. The second-order valence-electron chi connectivity index (χ2n) is 2.30. The zero-order chi connectivity index (χ0) is 9.14. The summed E-state index contributed by atoms with van der Waals surface area (Å²) in [5.74, 6) is -1.59. The molecule has 5 heteroatoms. The fourth-order valence-electron chi connectivity index (χ4n) is 0.852. The Balaban J connectivity index is 0.00000144. The Morgan fingerprint density at radius 1 is 1.31 bits per heavy atom. The molecule has 1 aromatic carbocycles. The number of aromatic hydroxyl groups is 1. The summed E-state index contributed by atoms with van der Waals surface area (Å²) in [6, 6.07) is 5.77. The van der Waals surface area contributed by atoms with E-state index < -0.39 is 12.1 Å². The first-order valence-electron chi connectivity index (χ1n) is 3.31. The SMILES string of the molecule is Cl.O=C(O)C(O)c1ccccc1O. The van der Waals surface area contributed by atoms with Crippen LogP contribution in [0.25, 0.3) is 0 Å². The average molecular weight is 205 g/mol. The average Bonchev–Trinajstić information content (AvgIpc) is 2.04. The van der Waals surface area contributed by atoms with Crippen molar-refractivity contribution in [2.24, 2.45) is 0 Å². The van der Waals surface area contributed by atoms with Gasteiger partial charge in [0.15, 0.2) is 6.10 Å². The lowest BCUT2D eigenvalue weighted by Gasteiger charge is -2.06. The number of carbonyl (C=O) groups is 1. The van der Waals surface area contributed by atoms with Crippen molar-refractivity contribution in [1.82, 2.24) is 0 Å². The third-order valence-electron chi connectivity index (χ3n) is 1.47. The van der Waals surface area contributed by atoms with E-state index >= 15 is 0 Å². The zero-order valence-electron chi connectivity index (χ0n) is 6.54. The molecule has 0 radical (unpaired) electrons. The summed E-state index contributed by atoms with van der Waals surface area (Å²) in [6.07, 6.45) is -1.66. The number of para-hydroxylation sites is 1. The van der Waals surface area contributed by atoms with Crippen LogP contribution in [-0.4, -0.2) is 21.3 Å². The van der Waals surface area contributed by atoms with E-state index in [4.69, 9.17) is 15.3 Å². The molecule has 1 unspecified atom stereocenters. The van der Waals surface area contributed by atoms with Crippen LogP contribution in [0.4, 0.5) is 0 Å². The van der Waals surface area contributed by atoms with Crippen LogP contribution in [-0.2, 0) is 4.79 Å². The summed E-state index contributed by atoms with van der Waals surface area (Å²) in [4.78, 5) is 10.3. The first-order chi connectivity index (χ1) is 5.63. The summed E-state index contributed by atoms with van der Waals surface area (Å²) < 4.78 is 0. The summed E-state index contributed by atoms with van der Waals surface area (Å²) in [5.41, 5.74) is 0.00463. The number of halogens is 1. The molecule has 72 valence electrons. The molecule has 0 spiro atoms.